The minimum Gasteiger partial charge on any atom is -0.328 e. The van der Waals surface area contributed by atoms with Gasteiger partial charge >= 0.3 is 0 Å². The van der Waals surface area contributed by atoms with Crippen molar-refractivity contribution in [3.63, 3.8) is 0 Å². The summed E-state index contributed by atoms with van der Waals surface area (Å²) in [6, 6.07) is 0.642. The first-order valence-electron chi connectivity index (χ1n) is 4.71. The van der Waals surface area contributed by atoms with E-state index in [0.717, 1.165) is 19.3 Å². The zero-order valence-corrected chi connectivity index (χ0v) is 7.84. The Balaban J connectivity index is 3.32. The first-order valence-corrected chi connectivity index (χ1v) is 4.71. The summed E-state index contributed by atoms with van der Waals surface area (Å²) in [5.41, 5.74) is 11.7. The van der Waals surface area contributed by atoms with Crippen molar-refractivity contribution in [2.24, 2.45) is 11.5 Å². The zero-order chi connectivity index (χ0) is 8.69. The Kier molecular flexibility index (Phi) is 6.57. The predicted molar refractivity (Wildman–Crippen MR) is 50.4 cm³/mol. The number of rotatable bonds is 6. The van der Waals surface area contributed by atoms with Gasteiger partial charge in [-0.2, -0.15) is 0 Å². The van der Waals surface area contributed by atoms with Gasteiger partial charge in [-0.05, 0) is 19.3 Å². The Bertz CT molecular complexity index is 73.6. The Labute approximate surface area is 70.3 Å². The molecule has 0 rings (SSSR count). The third kappa shape index (κ3) is 6.32. The standard InChI is InChI=1S/C9H22N2/c1-3-5-8(10)7-9(11)6-4-2/h8-9H,3-7,10-11H2,1-2H3. The van der Waals surface area contributed by atoms with E-state index in [4.69, 9.17) is 11.5 Å². The summed E-state index contributed by atoms with van der Waals surface area (Å²) in [6.45, 7) is 4.32. The molecule has 0 aliphatic rings. The van der Waals surface area contributed by atoms with Crippen molar-refractivity contribution in [2.75, 3.05) is 0 Å². The van der Waals surface area contributed by atoms with Crippen LogP contribution in [0.25, 0.3) is 0 Å². The number of hydrogen-bond donors (Lipinski definition) is 2. The number of hydrogen-bond acceptors (Lipinski definition) is 2. The van der Waals surface area contributed by atoms with Gasteiger partial charge in [0.25, 0.3) is 0 Å². The van der Waals surface area contributed by atoms with E-state index >= 15 is 0 Å². The van der Waals surface area contributed by atoms with E-state index in [-0.39, 0.29) is 0 Å². The molecule has 0 fully saturated rings. The minimum absolute atomic E-state index is 0.321. The molecule has 11 heavy (non-hydrogen) atoms. The van der Waals surface area contributed by atoms with Gasteiger partial charge in [-0.3, -0.25) is 0 Å². The summed E-state index contributed by atoms with van der Waals surface area (Å²) < 4.78 is 0. The van der Waals surface area contributed by atoms with Crippen LogP contribution in [0.15, 0.2) is 0 Å². The van der Waals surface area contributed by atoms with Crippen molar-refractivity contribution >= 4 is 0 Å². The molecule has 0 amide bonds. The second-order valence-electron chi connectivity index (χ2n) is 3.33. The molecule has 0 heterocycles. The molecule has 4 N–H and O–H groups in total. The monoisotopic (exact) mass is 158 g/mol. The van der Waals surface area contributed by atoms with Crippen molar-refractivity contribution in [1.82, 2.24) is 0 Å². The third-order valence-corrected chi connectivity index (χ3v) is 1.92. The van der Waals surface area contributed by atoms with E-state index in [0.29, 0.717) is 12.1 Å². The maximum atomic E-state index is 5.84. The van der Waals surface area contributed by atoms with Crippen LogP contribution in [-0.4, -0.2) is 12.1 Å². The second-order valence-corrected chi connectivity index (χ2v) is 3.33. The molecular weight excluding hydrogens is 136 g/mol. The zero-order valence-electron chi connectivity index (χ0n) is 7.84. The van der Waals surface area contributed by atoms with Crippen molar-refractivity contribution in [2.45, 2.75) is 58.0 Å². The normalized spacial score (nSPS) is 16.4. The fraction of sp³-hybridized carbons (Fsp3) is 1.00. The molecular formula is C9H22N2. The molecule has 0 saturated carbocycles. The van der Waals surface area contributed by atoms with Gasteiger partial charge in [0.05, 0.1) is 0 Å². The molecule has 68 valence electrons. The van der Waals surface area contributed by atoms with Gasteiger partial charge in [0.2, 0.25) is 0 Å². The van der Waals surface area contributed by atoms with Crippen LogP contribution in [0.5, 0.6) is 0 Å². The molecule has 0 aliphatic carbocycles. The highest BCUT2D eigenvalue weighted by Crippen LogP contribution is 2.04. The molecule has 0 aromatic rings. The van der Waals surface area contributed by atoms with E-state index in [2.05, 4.69) is 13.8 Å². The molecule has 0 aromatic carbocycles. The van der Waals surface area contributed by atoms with Crippen LogP contribution >= 0.6 is 0 Å². The Morgan fingerprint density at radius 1 is 0.909 bits per heavy atom. The van der Waals surface area contributed by atoms with Crippen LogP contribution in [-0.2, 0) is 0 Å². The molecule has 0 radical (unpaired) electrons. The summed E-state index contributed by atoms with van der Waals surface area (Å²) in [4.78, 5) is 0. The smallest absolute Gasteiger partial charge is 0.00534 e. The first-order chi connectivity index (χ1) is 5.20. The van der Waals surface area contributed by atoms with Crippen LogP contribution in [0.2, 0.25) is 0 Å². The van der Waals surface area contributed by atoms with Gasteiger partial charge in [0.1, 0.15) is 0 Å². The molecule has 0 saturated heterocycles. The van der Waals surface area contributed by atoms with Gasteiger partial charge in [-0.25, -0.2) is 0 Å². The fourth-order valence-electron chi connectivity index (χ4n) is 1.37. The summed E-state index contributed by atoms with van der Waals surface area (Å²) in [6.07, 6.45) is 5.54. The lowest BCUT2D eigenvalue weighted by Gasteiger charge is -2.15. The summed E-state index contributed by atoms with van der Waals surface area (Å²) in [5, 5.41) is 0. The average Bonchev–Trinajstić information content (AvgIpc) is 1.87. The second kappa shape index (κ2) is 6.62. The van der Waals surface area contributed by atoms with Crippen molar-refractivity contribution < 1.29 is 0 Å². The Morgan fingerprint density at radius 3 is 1.55 bits per heavy atom. The van der Waals surface area contributed by atoms with Gasteiger partial charge in [0, 0.05) is 12.1 Å². The van der Waals surface area contributed by atoms with E-state index in [1.54, 1.807) is 0 Å². The molecule has 2 nitrogen and oxygen atoms in total. The summed E-state index contributed by atoms with van der Waals surface area (Å²) >= 11 is 0. The molecule has 2 unspecified atom stereocenters. The molecule has 2 heteroatoms. The van der Waals surface area contributed by atoms with Crippen LogP contribution in [0.4, 0.5) is 0 Å². The third-order valence-electron chi connectivity index (χ3n) is 1.92. The SMILES string of the molecule is CCCC(N)CC(N)CCC. The lowest BCUT2D eigenvalue weighted by Crippen LogP contribution is -2.31. The fourth-order valence-corrected chi connectivity index (χ4v) is 1.37. The largest absolute Gasteiger partial charge is 0.328 e. The summed E-state index contributed by atoms with van der Waals surface area (Å²) in [7, 11) is 0. The lowest BCUT2D eigenvalue weighted by molar-refractivity contribution is 0.470. The Hall–Kier alpha value is -0.0800. The number of nitrogens with two attached hydrogens (primary N) is 2. The molecule has 0 bridgehead atoms. The molecule has 0 aromatic heterocycles. The van der Waals surface area contributed by atoms with Crippen LogP contribution in [0.1, 0.15) is 46.0 Å². The lowest BCUT2D eigenvalue weighted by atomic mass is 10.0. The molecule has 0 spiro atoms. The first kappa shape index (κ1) is 10.9. The van der Waals surface area contributed by atoms with Crippen LogP contribution in [0.3, 0.4) is 0 Å². The van der Waals surface area contributed by atoms with Crippen molar-refractivity contribution in [1.29, 1.82) is 0 Å². The Morgan fingerprint density at radius 2 is 1.27 bits per heavy atom. The van der Waals surface area contributed by atoms with Gasteiger partial charge in [-0.1, -0.05) is 26.7 Å². The van der Waals surface area contributed by atoms with E-state index in [1.165, 1.54) is 12.8 Å². The van der Waals surface area contributed by atoms with Crippen molar-refractivity contribution in [3.8, 4) is 0 Å². The highest BCUT2D eigenvalue weighted by molar-refractivity contribution is 4.69. The minimum atomic E-state index is 0.321. The maximum Gasteiger partial charge on any atom is 0.00534 e. The van der Waals surface area contributed by atoms with Crippen LogP contribution in [0, 0.1) is 0 Å². The van der Waals surface area contributed by atoms with E-state index in [1.807, 2.05) is 0 Å². The van der Waals surface area contributed by atoms with Crippen molar-refractivity contribution in [3.05, 3.63) is 0 Å². The maximum absolute atomic E-state index is 5.84. The van der Waals surface area contributed by atoms with E-state index < -0.39 is 0 Å². The topological polar surface area (TPSA) is 52.0 Å². The highest BCUT2D eigenvalue weighted by Gasteiger charge is 2.06. The van der Waals surface area contributed by atoms with E-state index in [9.17, 15) is 0 Å². The molecule has 2 atom stereocenters. The quantitative estimate of drug-likeness (QED) is 0.617. The summed E-state index contributed by atoms with van der Waals surface area (Å²) in [5.74, 6) is 0. The van der Waals surface area contributed by atoms with Gasteiger partial charge < -0.3 is 11.5 Å². The van der Waals surface area contributed by atoms with Crippen LogP contribution < -0.4 is 11.5 Å². The van der Waals surface area contributed by atoms with Gasteiger partial charge in [-0.15, -0.1) is 0 Å². The molecule has 0 aliphatic heterocycles. The predicted octanol–water partition coefficient (Wildman–Crippen LogP) is 1.63. The average molecular weight is 158 g/mol. The highest BCUT2D eigenvalue weighted by atomic mass is 14.7. The van der Waals surface area contributed by atoms with Gasteiger partial charge in [0.15, 0.2) is 0 Å².